The van der Waals surface area contributed by atoms with Crippen molar-refractivity contribution in [1.82, 2.24) is 5.32 Å². The maximum Gasteiger partial charge on any atom is 0.306 e. The summed E-state index contributed by atoms with van der Waals surface area (Å²) in [7, 11) is 1.18. The number of amides is 1. The van der Waals surface area contributed by atoms with E-state index < -0.39 is 26.6 Å². The molecule has 0 aliphatic heterocycles. The van der Waals surface area contributed by atoms with Gasteiger partial charge in [0.25, 0.3) is 7.82 Å². The van der Waals surface area contributed by atoms with Crippen LogP contribution in [-0.2, 0) is 27.9 Å². The van der Waals surface area contributed by atoms with Gasteiger partial charge in [-0.25, -0.2) is 0 Å². The first-order valence-corrected chi connectivity index (χ1v) is 35.4. The zero-order valence-electron chi connectivity index (χ0n) is 53.7. The lowest BCUT2D eigenvalue weighted by Crippen LogP contribution is -2.47. The largest absolute Gasteiger partial charge is 0.756 e. The third-order valence-electron chi connectivity index (χ3n) is 14.8. The van der Waals surface area contributed by atoms with Gasteiger partial charge in [-0.1, -0.05) is 273 Å². The third-order valence-corrected chi connectivity index (χ3v) is 15.8. The molecule has 0 spiro atoms. The van der Waals surface area contributed by atoms with Crippen molar-refractivity contribution in [3.63, 3.8) is 0 Å². The van der Waals surface area contributed by atoms with Gasteiger partial charge in [0.2, 0.25) is 5.91 Å². The monoisotopic (exact) mass is 1150 g/mol. The van der Waals surface area contributed by atoms with E-state index in [1.165, 1.54) is 154 Å². The predicted molar refractivity (Wildman–Crippen MR) is 348 cm³/mol. The lowest BCUT2D eigenvalue weighted by atomic mass is 10.0. The van der Waals surface area contributed by atoms with Gasteiger partial charge in [-0.15, -0.1) is 0 Å². The zero-order chi connectivity index (χ0) is 59.3. The molecule has 0 saturated carbocycles. The summed E-state index contributed by atoms with van der Waals surface area (Å²) in [5, 5.41) is 3.04. The van der Waals surface area contributed by atoms with Crippen molar-refractivity contribution in [2.45, 2.75) is 315 Å². The number of rotatable bonds is 61. The minimum atomic E-state index is -4.71. The molecule has 3 unspecified atom stereocenters. The summed E-state index contributed by atoms with van der Waals surface area (Å²) < 4.78 is 30.4. The zero-order valence-corrected chi connectivity index (χ0v) is 54.6. The Bertz CT molecular complexity index is 1660. The number of phosphoric ester groups is 1. The fraction of sp³-hybridized carbons (Fsp3) is 0.775. The van der Waals surface area contributed by atoms with Crippen molar-refractivity contribution in [2.24, 2.45) is 0 Å². The quantitative estimate of drug-likeness (QED) is 0.0212. The highest BCUT2D eigenvalue weighted by molar-refractivity contribution is 7.45. The molecule has 0 aromatic heterocycles. The molecule has 0 aromatic rings. The van der Waals surface area contributed by atoms with Crippen molar-refractivity contribution >= 4 is 19.7 Å². The Morgan fingerprint density at radius 1 is 0.444 bits per heavy atom. The van der Waals surface area contributed by atoms with E-state index in [1.54, 1.807) is 0 Å². The number of esters is 1. The third kappa shape index (κ3) is 61.6. The highest BCUT2D eigenvalue weighted by atomic mass is 31.2. The van der Waals surface area contributed by atoms with Gasteiger partial charge in [0.15, 0.2) is 0 Å². The van der Waals surface area contributed by atoms with Gasteiger partial charge in [0, 0.05) is 12.8 Å². The Labute approximate surface area is 501 Å². The van der Waals surface area contributed by atoms with Crippen LogP contribution < -0.4 is 10.2 Å². The summed E-state index contributed by atoms with van der Waals surface area (Å²) in [5.74, 6) is -0.548. The number of carbonyl (C=O) groups excluding carboxylic acids is 2. The highest BCUT2D eigenvalue weighted by Crippen LogP contribution is 2.38. The van der Waals surface area contributed by atoms with Gasteiger partial charge in [-0.05, 0) is 102 Å². The first kappa shape index (κ1) is 78.2. The fourth-order valence-corrected chi connectivity index (χ4v) is 10.3. The van der Waals surface area contributed by atoms with Gasteiger partial charge in [-0.3, -0.25) is 14.2 Å². The molecular formula is C71H129N2O7P. The van der Waals surface area contributed by atoms with E-state index in [0.29, 0.717) is 17.4 Å². The van der Waals surface area contributed by atoms with E-state index in [1.807, 2.05) is 33.3 Å². The first-order valence-electron chi connectivity index (χ1n) is 33.9. The Kier molecular flexibility index (Phi) is 58.2. The van der Waals surface area contributed by atoms with Crippen LogP contribution in [0.3, 0.4) is 0 Å². The summed E-state index contributed by atoms with van der Waals surface area (Å²) >= 11 is 0. The van der Waals surface area contributed by atoms with Crippen LogP contribution in [0.15, 0.2) is 85.1 Å². The predicted octanol–water partition coefficient (Wildman–Crippen LogP) is 20.7. The number of ether oxygens (including phenoxy) is 1. The number of hydrogen-bond acceptors (Lipinski definition) is 7. The SMILES string of the molecule is CC/C=C\C/C=C\C/C=C\C/C=C\C/C=C\CCCCCCCCCCCC(=O)OC(/C=C\CCCCCCCCCCCCC)C(COP(=O)([O-])OCC[N+](C)(C)C)NC(=O)CCCCCCCCC/C=C/CCCCCCCC. The lowest BCUT2D eigenvalue weighted by molar-refractivity contribution is -0.870. The Hall–Kier alpha value is -2.81. The van der Waals surface area contributed by atoms with E-state index in [-0.39, 0.29) is 24.9 Å². The molecule has 10 heteroatoms. The molecule has 0 aliphatic rings. The first-order chi connectivity index (χ1) is 39.4. The molecule has 0 radical (unpaired) electrons. The Morgan fingerprint density at radius 2 is 0.790 bits per heavy atom. The standard InChI is InChI=1S/C71H129N2O7P/c1-7-10-13-16-19-22-25-28-30-32-33-34-35-36-37-38-39-41-43-46-49-52-55-58-61-64-71(75)80-69(62-59-56-53-50-47-44-27-24-21-18-15-12-9-3)68(67-79-81(76,77)78-66-65-73(4,5)6)72-70(74)63-60-57-54-51-48-45-42-40-31-29-26-23-20-17-14-11-8-2/h10,13,19,22,28-31,33-34,36-37,59,62,68-69H,7-9,11-12,14-18,20-21,23-27,32,35,38-58,60-61,63-67H2,1-6H3,(H-,72,74,76,77)/b13-10-,22-19-,30-28-,31-29+,34-33-,37-36-,62-59-. The number of quaternary nitrogens is 1. The molecule has 1 N–H and O–H groups in total. The summed E-state index contributed by atoms with van der Waals surface area (Å²) in [6.07, 6.45) is 79.8. The Balaban J connectivity index is 5.17. The van der Waals surface area contributed by atoms with Gasteiger partial charge in [0.1, 0.15) is 19.3 Å². The topological polar surface area (TPSA) is 114 Å². The molecular weight excluding hydrogens is 1020 g/mol. The second kappa shape index (κ2) is 60.3. The van der Waals surface area contributed by atoms with Crippen molar-refractivity contribution in [3.05, 3.63) is 85.1 Å². The number of hydrogen-bond donors (Lipinski definition) is 1. The molecule has 81 heavy (non-hydrogen) atoms. The molecule has 0 heterocycles. The molecule has 1 amide bonds. The van der Waals surface area contributed by atoms with Crippen LogP contribution in [0.4, 0.5) is 0 Å². The maximum atomic E-state index is 13.6. The molecule has 0 saturated heterocycles. The maximum absolute atomic E-state index is 13.6. The van der Waals surface area contributed by atoms with Gasteiger partial charge >= 0.3 is 5.97 Å². The number of allylic oxidation sites excluding steroid dienone is 13. The molecule has 3 atom stereocenters. The van der Waals surface area contributed by atoms with Crippen molar-refractivity contribution in [2.75, 3.05) is 40.9 Å². The molecule has 0 fully saturated rings. The van der Waals surface area contributed by atoms with E-state index >= 15 is 0 Å². The number of nitrogens with zero attached hydrogens (tertiary/aromatic N) is 1. The van der Waals surface area contributed by atoms with Gasteiger partial charge in [-0.2, -0.15) is 0 Å². The van der Waals surface area contributed by atoms with Crippen LogP contribution in [0, 0.1) is 0 Å². The van der Waals surface area contributed by atoms with Crippen LogP contribution in [-0.4, -0.2) is 69.4 Å². The average molecular weight is 1150 g/mol. The number of carbonyl (C=O) groups is 2. The average Bonchev–Trinajstić information content (AvgIpc) is 3.44. The minimum absolute atomic E-state index is 0.0264. The van der Waals surface area contributed by atoms with E-state index in [2.05, 4.69) is 99.0 Å². The molecule has 470 valence electrons. The molecule has 9 nitrogen and oxygen atoms in total. The van der Waals surface area contributed by atoms with Crippen LogP contribution >= 0.6 is 7.82 Å². The van der Waals surface area contributed by atoms with Crippen LogP contribution in [0.1, 0.15) is 303 Å². The van der Waals surface area contributed by atoms with Crippen LogP contribution in [0.25, 0.3) is 0 Å². The summed E-state index contributed by atoms with van der Waals surface area (Å²) in [6, 6.07) is -0.897. The van der Waals surface area contributed by atoms with Gasteiger partial charge in [0.05, 0.1) is 33.8 Å². The summed E-state index contributed by atoms with van der Waals surface area (Å²) in [6.45, 7) is 6.74. The normalized spacial score (nSPS) is 14.1. The fourth-order valence-electron chi connectivity index (χ4n) is 9.60. The van der Waals surface area contributed by atoms with Crippen molar-refractivity contribution in [1.29, 1.82) is 0 Å². The lowest BCUT2D eigenvalue weighted by Gasteiger charge is -2.30. The molecule has 0 rings (SSSR count). The van der Waals surface area contributed by atoms with E-state index in [4.69, 9.17) is 13.8 Å². The van der Waals surface area contributed by atoms with Crippen LogP contribution in [0.5, 0.6) is 0 Å². The van der Waals surface area contributed by atoms with Crippen LogP contribution in [0.2, 0.25) is 0 Å². The minimum Gasteiger partial charge on any atom is -0.756 e. The van der Waals surface area contributed by atoms with Gasteiger partial charge < -0.3 is 28.5 Å². The van der Waals surface area contributed by atoms with Crippen molar-refractivity contribution in [3.8, 4) is 0 Å². The number of nitrogens with one attached hydrogen (secondary N) is 1. The van der Waals surface area contributed by atoms with E-state index in [0.717, 1.165) is 116 Å². The second-order valence-corrected chi connectivity index (χ2v) is 25.4. The number of likely N-dealkylation sites (N-methyl/N-ethyl adjacent to an activating group) is 1. The Morgan fingerprint density at radius 3 is 1.20 bits per heavy atom. The van der Waals surface area contributed by atoms with E-state index in [9.17, 15) is 19.0 Å². The summed E-state index contributed by atoms with van der Waals surface area (Å²) in [4.78, 5) is 40.1. The van der Waals surface area contributed by atoms with Crippen molar-refractivity contribution < 1.29 is 37.3 Å². The number of unbranched alkanes of at least 4 members (excludes halogenated alkanes) is 33. The second-order valence-electron chi connectivity index (χ2n) is 23.9. The number of phosphoric acid groups is 1. The molecule has 0 bridgehead atoms. The smallest absolute Gasteiger partial charge is 0.306 e. The highest BCUT2D eigenvalue weighted by Gasteiger charge is 2.27. The summed E-state index contributed by atoms with van der Waals surface area (Å²) in [5.41, 5.74) is 0. The molecule has 0 aromatic carbocycles. The molecule has 0 aliphatic carbocycles.